The predicted molar refractivity (Wildman–Crippen MR) is 83.8 cm³/mol. The van der Waals surface area contributed by atoms with E-state index in [9.17, 15) is 13.2 Å². The highest BCUT2D eigenvalue weighted by molar-refractivity contribution is 5.85. The quantitative estimate of drug-likeness (QED) is 0.847. The highest BCUT2D eigenvalue weighted by atomic mass is 35.5. The number of nitrogens with one attached hydrogen (secondary N) is 2. The van der Waals surface area contributed by atoms with Crippen molar-refractivity contribution in [3.05, 3.63) is 59.2 Å². The molecule has 22 heavy (non-hydrogen) atoms. The van der Waals surface area contributed by atoms with E-state index in [-0.39, 0.29) is 12.4 Å². The second kappa shape index (κ2) is 6.58. The van der Waals surface area contributed by atoms with Crippen LogP contribution in [0.2, 0.25) is 0 Å². The molecule has 0 saturated heterocycles. The molecule has 1 aliphatic rings. The van der Waals surface area contributed by atoms with Gasteiger partial charge in [-0.3, -0.25) is 0 Å². The van der Waals surface area contributed by atoms with Crippen LogP contribution in [0.15, 0.2) is 42.5 Å². The number of halogens is 4. The van der Waals surface area contributed by atoms with Gasteiger partial charge in [-0.1, -0.05) is 12.1 Å². The Bertz CT molecular complexity index is 639. The van der Waals surface area contributed by atoms with Gasteiger partial charge in [0.1, 0.15) is 0 Å². The Balaban J connectivity index is 0.00000176. The lowest BCUT2D eigenvalue weighted by Gasteiger charge is -2.21. The summed E-state index contributed by atoms with van der Waals surface area (Å²) in [5.74, 6) is 0. The normalized spacial score (nSPS) is 14.0. The number of fused-ring (bicyclic) bond motifs is 1. The van der Waals surface area contributed by atoms with E-state index in [0.717, 1.165) is 37.3 Å². The third-order valence-electron chi connectivity index (χ3n) is 3.63. The summed E-state index contributed by atoms with van der Waals surface area (Å²) in [6, 6.07) is 11.1. The van der Waals surface area contributed by atoms with Gasteiger partial charge in [0.15, 0.2) is 0 Å². The van der Waals surface area contributed by atoms with Crippen LogP contribution < -0.4 is 10.6 Å². The molecule has 0 spiro atoms. The van der Waals surface area contributed by atoms with Gasteiger partial charge in [0.2, 0.25) is 0 Å². The van der Waals surface area contributed by atoms with Crippen LogP contribution in [0.25, 0.3) is 0 Å². The van der Waals surface area contributed by atoms with Crippen LogP contribution in [-0.2, 0) is 19.1 Å². The fraction of sp³-hybridized carbons (Fsp3) is 0.250. The molecular weight excluding hydrogens is 313 g/mol. The van der Waals surface area contributed by atoms with Crippen LogP contribution in [-0.4, -0.2) is 6.54 Å². The molecule has 6 heteroatoms. The molecule has 2 N–H and O–H groups in total. The van der Waals surface area contributed by atoms with Crippen LogP contribution >= 0.6 is 12.4 Å². The zero-order chi connectivity index (χ0) is 14.9. The maximum absolute atomic E-state index is 12.5. The van der Waals surface area contributed by atoms with Crippen molar-refractivity contribution in [1.82, 2.24) is 5.32 Å². The molecule has 0 saturated carbocycles. The number of hydrogen-bond donors (Lipinski definition) is 2. The minimum Gasteiger partial charge on any atom is -0.355 e. The molecule has 2 aromatic rings. The fourth-order valence-corrected chi connectivity index (χ4v) is 2.55. The number of alkyl halides is 3. The SMILES string of the molecule is Cl.FC(F)(F)c1ccc(Nc2cccc3c2CCNC3)cc1. The summed E-state index contributed by atoms with van der Waals surface area (Å²) in [6.07, 6.45) is -3.38. The highest BCUT2D eigenvalue weighted by Crippen LogP contribution is 2.31. The van der Waals surface area contributed by atoms with Crippen molar-refractivity contribution in [3.8, 4) is 0 Å². The fourth-order valence-electron chi connectivity index (χ4n) is 2.55. The summed E-state index contributed by atoms with van der Waals surface area (Å²) in [5.41, 5.74) is 3.46. The average Bonchev–Trinajstić information content (AvgIpc) is 2.47. The van der Waals surface area contributed by atoms with Gasteiger partial charge < -0.3 is 10.6 Å². The summed E-state index contributed by atoms with van der Waals surface area (Å²) in [5, 5.41) is 6.52. The van der Waals surface area contributed by atoms with Crippen LogP contribution in [0.3, 0.4) is 0 Å². The first-order chi connectivity index (χ1) is 10.0. The molecule has 0 fully saturated rings. The molecule has 0 aromatic heterocycles. The van der Waals surface area contributed by atoms with Gasteiger partial charge >= 0.3 is 6.18 Å². The van der Waals surface area contributed by atoms with E-state index >= 15 is 0 Å². The molecule has 0 amide bonds. The van der Waals surface area contributed by atoms with E-state index < -0.39 is 11.7 Å². The zero-order valence-electron chi connectivity index (χ0n) is 11.7. The monoisotopic (exact) mass is 328 g/mol. The molecule has 0 aliphatic carbocycles. The van der Waals surface area contributed by atoms with Crippen LogP contribution in [0.5, 0.6) is 0 Å². The summed E-state index contributed by atoms with van der Waals surface area (Å²) >= 11 is 0. The minimum atomic E-state index is -4.30. The van der Waals surface area contributed by atoms with E-state index in [1.165, 1.54) is 23.3 Å². The van der Waals surface area contributed by atoms with Crippen LogP contribution in [0.4, 0.5) is 24.5 Å². The molecular formula is C16H16ClF3N2. The number of anilines is 2. The number of benzene rings is 2. The lowest BCUT2D eigenvalue weighted by molar-refractivity contribution is -0.137. The Morgan fingerprint density at radius 2 is 1.73 bits per heavy atom. The summed E-state index contributed by atoms with van der Waals surface area (Å²) in [6.45, 7) is 1.75. The maximum atomic E-state index is 12.5. The first-order valence-corrected chi connectivity index (χ1v) is 6.80. The standard InChI is InChI=1S/C16H15F3N2.ClH/c17-16(18,19)12-4-6-13(7-5-12)21-15-3-1-2-11-10-20-9-8-14(11)15;/h1-7,20-21H,8-10H2;1H. The summed E-state index contributed by atoms with van der Waals surface area (Å²) < 4.78 is 37.6. The lowest BCUT2D eigenvalue weighted by atomic mass is 9.99. The van der Waals surface area contributed by atoms with Crippen molar-refractivity contribution in [2.24, 2.45) is 0 Å². The Hall–Kier alpha value is -1.72. The Labute approximate surface area is 133 Å². The third kappa shape index (κ3) is 3.54. The van der Waals surface area contributed by atoms with Gasteiger partial charge in [-0.15, -0.1) is 12.4 Å². The van der Waals surface area contributed by atoms with Crippen molar-refractivity contribution >= 4 is 23.8 Å². The topological polar surface area (TPSA) is 24.1 Å². The van der Waals surface area contributed by atoms with E-state index in [0.29, 0.717) is 5.69 Å². The van der Waals surface area contributed by atoms with Crippen molar-refractivity contribution in [2.75, 3.05) is 11.9 Å². The van der Waals surface area contributed by atoms with E-state index in [4.69, 9.17) is 0 Å². The largest absolute Gasteiger partial charge is 0.416 e. The molecule has 3 rings (SSSR count). The maximum Gasteiger partial charge on any atom is 0.416 e. The smallest absolute Gasteiger partial charge is 0.355 e. The second-order valence-corrected chi connectivity index (χ2v) is 5.07. The lowest BCUT2D eigenvalue weighted by Crippen LogP contribution is -2.24. The zero-order valence-corrected chi connectivity index (χ0v) is 12.5. The van der Waals surface area contributed by atoms with Gasteiger partial charge in [0, 0.05) is 17.9 Å². The van der Waals surface area contributed by atoms with Crippen molar-refractivity contribution in [1.29, 1.82) is 0 Å². The Morgan fingerprint density at radius 1 is 1.00 bits per heavy atom. The van der Waals surface area contributed by atoms with Gasteiger partial charge in [0.25, 0.3) is 0 Å². The molecule has 1 aliphatic heterocycles. The molecule has 0 bridgehead atoms. The van der Waals surface area contributed by atoms with Crippen molar-refractivity contribution in [2.45, 2.75) is 19.1 Å². The summed E-state index contributed by atoms with van der Waals surface area (Å²) in [4.78, 5) is 0. The first kappa shape index (κ1) is 16.6. The van der Waals surface area contributed by atoms with Gasteiger partial charge in [-0.05, 0) is 54.4 Å². The molecule has 0 unspecified atom stereocenters. The van der Waals surface area contributed by atoms with Crippen LogP contribution in [0.1, 0.15) is 16.7 Å². The van der Waals surface area contributed by atoms with Crippen molar-refractivity contribution in [3.63, 3.8) is 0 Å². The predicted octanol–water partition coefficient (Wildman–Crippen LogP) is 4.52. The van der Waals surface area contributed by atoms with Gasteiger partial charge in [0.05, 0.1) is 5.56 Å². The average molecular weight is 329 g/mol. The van der Waals surface area contributed by atoms with Gasteiger partial charge in [-0.2, -0.15) is 13.2 Å². The number of hydrogen-bond acceptors (Lipinski definition) is 2. The number of rotatable bonds is 2. The van der Waals surface area contributed by atoms with E-state index in [1.807, 2.05) is 12.1 Å². The Morgan fingerprint density at radius 3 is 2.41 bits per heavy atom. The third-order valence-corrected chi connectivity index (χ3v) is 3.63. The molecule has 1 heterocycles. The molecule has 2 aromatic carbocycles. The van der Waals surface area contributed by atoms with Crippen LogP contribution in [0, 0.1) is 0 Å². The van der Waals surface area contributed by atoms with Crippen molar-refractivity contribution < 1.29 is 13.2 Å². The van der Waals surface area contributed by atoms with E-state index in [2.05, 4.69) is 16.7 Å². The summed E-state index contributed by atoms with van der Waals surface area (Å²) in [7, 11) is 0. The Kier molecular flexibility index (Phi) is 4.98. The first-order valence-electron chi connectivity index (χ1n) is 6.80. The van der Waals surface area contributed by atoms with Gasteiger partial charge in [-0.25, -0.2) is 0 Å². The highest BCUT2D eigenvalue weighted by Gasteiger charge is 2.29. The molecule has 0 atom stereocenters. The molecule has 0 radical (unpaired) electrons. The molecule has 2 nitrogen and oxygen atoms in total. The minimum absolute atomic E-state index is 0. The molecule has 118 valence electrons. The second-order valence-electron chi connectivity index (χ2n) is 5.07. The van der Waals surface area contributed by atoms with E-state index in [1.54, 1.807) is 0 Å².